The SMILES string of the molecule is Cc1cc2c(cc1Cl)C(C1CCCCC1)(C1CCCCC1)OC(C(=O)O)O2. The van der Waals surface area contributed by atoms with Gasteiger partial charge in [-0.3, -0.25) is 0 Å². The highest BCUT2D eigenvalue weighted by molar-refractivity contribution is 6.31. The topological polar surface area (TPSA) is 55.8 Å². The monoisotopic (exact) mass is 392 g/mol. The Kier molecular flexibility index (Phi) is 5.39. The second-order valence-electron chi connectivity index (χ2n) is 8.47. The molecule has 27 heavy (non-hydrogen) atoms. The van der Waals surface area contributed by atoms with Gasteiger partial charge in [-0.2, -0.15) is 0 Å². The van der Waals surface area contributed by atoms with Crippen LogP contribution >= 0.6 is 11.6 Å². The Morgan fingerprint density at radius 1 is 1.04 bits per heavy atom. The summed E-state index contributed by atoms with van der Waals surface area (Å²) in [6.45, 7) is 1.93. The summed E-state index contributed by atoms with van der Waals surface area (Å²) in [7, 11) is 0. The van der Waals surface area contributed by atoms with Crippen LogP contribution in [0.25, 0.3) is 0 Å². The third-order valence-electron chi connectivity index (χ3n) is 6.84. The van der Waals surface area contributed by atoms with E-state index in [1.54, 1.807) is 0 Å². The predicted octanol–water partition coefficient (Wildman–Crippen LogP) is 5.82. The van der Waals surface area contributed by atoms with Gasteiger partial charge >= 0.3 is 5.97 Å². The van der Waals surface area contributed by atoms with Gasteiger partial charge in [-0.15, -0.1) is 0 Å². The molecular weight excluding hydrogens is 364 g/mol. The van der Waals surface area contributed by atoms with E-state index in [2.05, 4.69) is 0 Å². The van der Waals surface area contributed by atoms with Crippen LogP contribution < -0.4 is 4.74 Å². The van der Waals surface area contributed by atoms with Crippen molar-refractivity contribution in [3.05, 3.63) is 28.3 Å². The number of ether oxygens (including phenoxy) is 2. The van der Waals surface area contributed by atoms with E-state index in [1.807, 2.05) is 19.1 Å². The third-order valence-corrected chi connectivity index (χ3v) is 7.25. The molecular formula is C22H29ClO4. The lowest BCUT2D eigenvalue weighted by Crippen LogP contribution is -2.54. The molecule has 0 saturated heterocycles. The fourth-order valence-electron chi connectivity index (χ4n) is 5.57. The summed E-state index contributed by atoms with van der Waals surface area (Å²) in [6, 6.07) is 3.89. The minimum absolute atomic E-state index is 0.317. The normalized spacial score (nSPS) is 26.2. The molecule has 2 aliphatic carbocycles. The molecule has 1 heterocycles. The Bertz CT molecular complexity index is 687. The van der Waals surface area contributed by atoms with Gasteiger partial charge in [0.15, 0.2) is 0 Å². The van der Waals surface area contributed by atoms with Gasteiger partial charge in [-0.25, -0.2) is 4.79 Å². The van der Waals surface area contributed by atoms with Crippen molar-refractivity contribution in [2.75, 3.05) is 0 Å². The van der Waals surface area contributed by atoms with Gasteiger partial charge in [0.25, 0.3) is 6.29 Å². The predicted molar refractivity (Wildman–Crippen MR) is 104 cm³/mol. The number of halogens is 1. The van der Waals surface area contributed by atoms with Crippen LogP contribution in [-0.4, -0.2) is 17.4 Å². The van der Waals surface area contributed by atoms with Crippen molar-refractivity contribution < 1.29 is 19.4 Å². The van der Waals surface area contributed by atoms with E-state index in [-0.39, 0.29) is 0 Å². The van der Waals surface area contributed by atoms with Crippen molar-refractivity contribution in [3.63, 3.8) is 0 Å². The summed E-state index contributed by atoms with van der Waals surface area (Å²) in [4.78, 5) is 11.9. The van der Waals surface area contributed by atoms with Crippen LogP contribution in [0, 0.1) is 18.8 Å². The van der Waals surface area contributed by atoms with E-state index in [1.165, 1.54) is 38.5 Å². The van der Waals surface area contributed by atoms with E-state index in [4.69, 9.17) is 21.1 Å². The second-order valence-corrected chi connectivity index (χ2v) is 8.87. The van der Waals surface area contributed by atoms with E-state index >= 15 is 0 Å². The second kappa shape index (κ2) is 7.63. The lowest BCUT2D eigenvalue weighted by molar-refractivity contribution is -0.252. The quantitative estimate of drug-likeness (QED) is 0.703. The lowest BCUT2D eigenvalue weighted by Gasteiger charge is -2.52. The van der Waals surface area contributed by atoms with Gasteiger partial charge in [0.2, 0.25) is 0 Å². The Balaban J connectivity index is 1.89. The first-order valence-electron chi connectivity index (χ1n) is 10.4. The molecule has 0 aromatic heterocycles. The Morgan fingerprint density at radius 2 is 1.59 bits per heavy atom. The van der Waals surface area contributed by atoms with E-state index < -0.39 is 17.9 Å². The molecule has 1 N–H and O–H groups in total. The highest BCUT2D eigenvalue weighted by Crippen LogP contribution is 2.56. The molecule has 5 heteroatoms. The molecule has 1 aromatic rings. The molecule has 2 fully saturated rings. The van der Waals surface area contributed by atoms with Crippen molar-refractivity contribution in [2.45, 2.75) is 83.0 Å². The van der Waals surface area contributed by atoms with Gasteiger partial charge in [-0.05, 0) is 62.1 Å². The van der Waals surface area contributed by atoms with E-state index in [0.29, 0.717) is 22.6 Å². The molecule has 4 rings (SSSR count). The number of carbonyl (C=O) groups is 1. The average Bonchev–Trinajstić information content (AvgIpc) is 2.69. The Hall–Kier alpha value is -1.26. The maximum Gasteiger partial charge on any atom is 0.373 e. The molecule has 148 valence electrons. The van der Waals surface area contributed by atoms with Gasteiger partial charge in [0.05, 0.1) is 0 Å². The molecule has 0 spiro atoms. The minimum Gasteiger partial charge on any atom is -0.477 e. The van der Waals surface area contributed by atoms with E-state index in [9.17, 15) is 9.90 Å². The highest BCUT2D eigenvalue weighted by atomic mass is 35.5. The van der Waals surface area contributed by atoms with Crippen LogP contribution in [0.1, 0.15) is 75.3 Å². The summed E-state index contributed by atoms with van der Waals surface area (Å²) >= 11 is 6.52. The fraction of sp³-hybridized carbons (Fsp3) is 0.682. The minimum atomic E-state index is -1.25. The number of carboxylic acid groups (broad SMARTS) is 1. The number of carboxylic acids is 1. The number of benzene rings is 1. The summed E-state index contributed by atoms with van der Waals surface area (Å²) in [5, 5.41) is 10.4. The first kappa shape index (κ1) is 19.1. The standard InChI is InChI=1S/C22H29ClO4/c1-14-12-19-17(13-18(14)23)22(15-8-4-2-5-9-15,16-10-6-3-7-11-16)27-21(26-19)20(24)25/h12-13,15-16,21H,2-11H2,1H3,(H,24,25). The maximum absolute atomic E-state index is 11.9. The molecule has 0 bridgehead atoms. The first-order valence-corrected chi connectivity index (χ1v) is 10.8. The zero-order chi connectivity index (χ0) is 19.0. The molecule has 4 nitrogen and oxygen atoms in total. The van der Waals surface area contributed by atoms with Gasteiger partial charge in [0, 0.05) is 10.6 Å². The third kappa shape index (κ3) is 3.36. The van der Waals surface area contributed by atoms with Crippen molar-refractivity contribution in [1.29, 1.82) is 0 Å². The van der Waals surface area contributed by atoms with Crippen LogP contribution in [0.2, 0.25) is 5.02 Å². The van der Waals surface area contributed by atoms with Gasteiger partial charge in [0.1, 0.15) is 11.4 Å². The molecule has 1 aliphatic heterocycles. The van der Waals surface area contributed by atoms with Crippen LogP contribution in [0.4, 0.5) is 0 Å². The molecule has 0 radical (unpaired) electrons. The molecule has 3 aliphatic rings. The number of rotatable bonds is 3. The average molecular weight is 393 g/mol. The largest absolute Gasteiger partial charge is 0.477 e. The molecule has 0 amide bonds. The highest BCUT2D eigenvalue weighted by Gasteiger charge is 2.54. The fourth-order valence-corrected chi connectivity index (χ4v) is 5.73. The number of aliphatic carboxylic acids is 1. The molecule has 1 aromatic carbocycles. The first-order chi connectivity index (χ1) is 13.0. The van der Waals surface area contributed by atoms with Crippen LogP contribution in [0.3, 0.4) is 0 Å². The zero-order valence-corrected chi connectivity index (χ0v) is 16.8. The number of hydrogen-bond donors (Lipinski definition) is 1. The van der Waals surface area contributed by atoms with Gasteiger partial charge < -0.3 is 14.6 Å². The van der Waals surface area contributed by atoms with E-state index in [0.717, 1.165) is 36.8 Å². The smallest absolute Gasteiger partial charge is 0.373 e. The maximum atomic E-state index is 11.9. The number of fused-ring (bicyclic) bond motifs is 1. The molecule has 2 saturated carbocycles. The summed E-state index contributed by atoms with van der Waals surface area (Å²) in [5.41, 5.74) is 1.28. The number of hydrogen-bond acceptors (Lipinski definition) is 3. The van der Waals surface area contributed by atoms with Crippen molar-refractivity contribution in [1.82, 2.24) is 0 Å². The Morgan fingerprint density at radius 3 is 2.11 bits per heavy atom. The van der Waals surface area contributed by atoms with Crippen molar-refractivity contribution in [3.8, 4) is 5.75 Å². The van der Waals surface area contributed by atoms with Crippen LogP contribution in [-0.2, 0) is 15.1 Å². The van der Waals surface area contributed by atoms with Crippen LogP contribution in [0.15, 0.2) is 12.1 Å². The summed E-state index contributed by atoms with van der Waals surface area (Å²) in [6.07, 6.45) is 10.3. The lowest BCUT2D eigenvalue weighted by atomic mass is 9.63. The van der Waals surface area contributed by atoms with Crippen LogP contribution in [0.5, 0.6) is 5.75 Å². The zero-order valence-electron chi connectivity index (χ0n) is 16.0. The summed E-state index contributed by atoms with van der Waals surface area (Å²) in [5.74, 6) is 0.228. The number of aryl methyl sites for hydroxylation is 1. The molecule has 1 unspecified atom stereocenters. The van der Waals surface area contributed by atoms with Crippen molar-refractivity contribution >= 4 is 17.6 Å². The molecule has 1 atom stereocenters. The Labute approximate surface area is 166 Å². The van der Waals surface area contributed by atoms with Crippen molar-refractivity contribution in [2.24, 2.45) is 11.8 Å². The summed E-state index contributed by atoms with van der Waals surface area (Å²) < 4.78 is 12.2. The van der Waals surface area contributed by atoms with Gasteiger partial charge in [-0.1, -0.05) is 50.1 Å².